The first kappa shape index (κ1) is 45.6. The molecule has 69 heavy (non-hydrogen) atoms. The second-order valence-corrected chi connectivity index (χ2v) is 19.2. The van der Waals surface area contributed by atoms with Gasteiger partial charge in [0.15, 0.2) is 10.8 Å². The molecule has 0 aliphatic carbocycles. The van der Waals surface area contributed by atoms with Crippen molar-refractivity contribution in [2.45, 2.75) is 64.3 Å². The van der Waals surface area contributed by atoms with Crippen molar-refractivity contribution in [2.24, 2.45) is 13.0 Å². The summed E-state index contributed by atoms with van der Waals surface area (Å²) in [4.78, 5) is 64.4. The van der Waals surface area contributed by atoms with E-state index < -0.39 is 11.9 Å². The standard InChI is InChI=1S/C53H54N8O7S/c1-32-36(37-17-19-46(55-49(37)52(65)66)61-26-23-34-9-5-11-38(41(34)31-61)50(63)57-53-54-42-12-3-4-14-45(42)69-53)10-6-13-44(32)68-28-7-8-33-21-24-60(25-22-33)27-29-67-35-15-16-39-43(30-35)59(2)58-48(39)40-18-20-47(62)56-51(40)64/h3-6,9-17,19,30,33,40H,7-8,18,20-29,31H2,1-2H3,(H,65,66)(H,54,57,63)(H,56,62,64). The normalized spacial score (nSPS) is 16.7. The molecule has 354 valence electrons. The van der Waals surface area contributed by atoms with E-state index in [1.807, 2.05) is 110 Å². The Balaban J connectivity index is 0.702. The first-order valence-electron chi connectivity index (χ1n) is 23.7. The summed E-state index contributed by atoms with van der Waals surface area (Å²) < 4.78 is 15.3. The molecule has 2 saturated heterocycles. The van der Waals surface area contributed by atoms with Crippen molar-refractivity contribution in [2.75, 3.05) is 49.6 Å². The molecule has 3 aliphatic heterocycles. The topological polar surface area (TPSA) is 181 Å². The number of rotatable bonds is 15. The summed E-state index contributed by atoms with van der Waals surface area (Å²) in [7, 11) is 1.86. The highest BCUT2D eigenvalue weighted by molar-refractivity contribution is 7.22. The number of carbonyl (C=O) groups excluding carboxylic acids is 3. The molecule has 0 radical (unpaired) electrons. The zero-order chi connectivity index (χ0) is 47.6. The van der Waals surface area contributed by atoms with Crippen LogP contribution in [0.2, 0.25) is 0 Å². The highest BCUT2D eigenvalue weighted by atomic mass is 32.1. The van der Waals surface area contributed by atoms with E-state index in [0.717, 1.165) is 100 Å². The molecule has 7 aromatic rings. The fourth-order valence-corrected chi connectivity index (χ4v) is 10.9. The molecule has 1 atom stereocenters. The number of carbonyl (C=O) groups is 4. The number of ether oxygens (including phenoxy) is 2. The van der Waals surface area contributed by atoms with Crippen LogP contribution >= 0.6 is 11.3 Å². The van der Waals surface area contributed by atoms with Crippen molar-refractivity contribution in [3.63, 3.8) is 0 Å². The van der Waals surface area contributed by atoms with E-state index in [-0.39, 0.29) is 23.4 Å². The minimum absolute atomic E-state index is 0.0355. The number of amides is 3. The number of aromatic nitrogens is 4. The number of aryl methyl sites for hydroxylation is 1. The molecule has 10 rings (SSSR count). The van der Waals surface area contributed by atoms with Gasteiger partial charge in [0.1, 0.15) is 23.9 Å². The van der Waals surface area contributed by atoms with Crippen molar-refractivity contribution < 1.29 is 33.8 Å². The van der Waals surface area contributed by atoms with Crippen LogP contribution in [0.3, 0.4) is 0 Å². The Morgan fingerprint density at radius 3 is 2.55 bits per heavy atom. The summed E-state index contributed by atoms with van der Waals surface area (Å²) in [5.74, 6) is 0.324. The molecular formula is C53H54N8O7S. The van der Waals surface area contributed by atoms with Gasteiger partial charge in [0, 0.05) is 55.7 Å². The van der Waals surface area contributed by atoms with E-state index in [1.165, 1.54) is 11.3 Å². The number of fused-ring (bicyclic) bond motifs is 3. The summed E-state index contributed by atoms with van der Waals surface area (Å²) in [6.07, 6.45) is 5.67. The molecule has 1 unspecified atom stereocenters. The number of nitrogens with zero attached hydrogens (tertiary/aromatic N) is 6. The van der Waals surface area contributed by atoms with Crippen LogP contribution < -0.4 is 25.0 Å². The monoisotopic (exact) mass is 946 g/mol. The lowest BCUT2D eigenvalue weighted by Crippen LogP contribution is -2.39. The number of piperidine rings is 2. The van der Waals surface area contributed by atoms with E-state index in [9.17, 15) is 24.3 Å². The van der Waals surface area contributed by atoms with Crippen LogP contribution in [-0.4, -0.2) is 92.8 Å². The Kier molecular flexibility index (Phi) is 13.1. The van der Waals surface area contributed by atoms with Gasteiger partial charge in [-0.05, 0) is 135 Å². The number of carboxylic acids is 1. The third kappa shape index (κ3) is 9.77. The van der Waals surface area contributed by atoms with Gasteiger partial charge in [-0.2, -0.15) is 5.10 Å². The summed E-state index contributed by atoms with van der Waals surface area (Å²) >= 11 is 1.43. The lowest BCUT2D eigenvalue weighted by atomic mass is 9.92. The molecule has 3 aliphatic rings. The number of hydrogen-bond donors (Lipinski definition) is 3. The first-order chi connectivity index (χ1) is 33.6. The van der Waals surface area contributed by atoms with Gasteiger partial charge in [0.25, 0.3) is 5.91 Å². The Morgan fingerprint density at radius 2 is 1.72 bits per heavy atom. The second kappa shape index (κ2) is 19.8. The first-order valence-corrected chi connectivity index (χ1v) is 24.5. The van der Waals surface area contributed by atoms with Crippen molar-refractivity contribution >= 4 is 67.1 Å². The smallest absolute Gasteiger partial charge is 0.355 e. The average molecular weight is 947 g/mol. The third-order valence-corrected chi connectivity index (χ3v) is 14.8. The highest BCUT2D eigenvalue weighted by Crippen LogP contribution is 2.36. The molecule has 2 fully saturated rings. The van der Waals surface area contributed by atoms with Crippen molar-refractivity contribution in [3.8, 4) is 22.6 Å². The SMILES string of the molecule is Cc1c(OCCCC2CCN(CCOc3ccc4c(C5CCC(=O)NC5=O)nn(C)c4c3)CC2)cccc1-c1ccc(N2CCc3cccc(C(=O)Nc4nc5ccccc5s4)c3C2)nc1C(=O)O. The quantitative estimate of drug-likeness (QED) is 0.0660. The van der Waals surface area contributed by atoms with Crippen LogP contribution in [0.15, 0.2) is 91.0 Å². The van der Waals surface area contributed by atoms with Crippen LogP contribution in [0.25, 0.3) is 32.2 Å². The fraction of sp³-hybridized carbons (Fsp3) is 0.340. The Bertz CT molecular complexity index is 3070. The van der Waals surface area contributed by atoms with Gasteiger partial charge in [-0.25, -0.2) is 14.8 Å². The molecule has 3 aromatic heterocycles. The van der Waals surface area contributed by atoms with E-state index >= 15 is 0 Å². The molecule has 16 heteroatoms. The van der Waals surface area contributed by atoms with Crippen molar-refractivity contribution in [1.29, 1.82) is 0 Å². The molecule has 0 bridgehead atoms. The fourth-order valence-electron chi connectivity index (χ4n) is 10.1. The van der Waals surface area contributed by atoms with Gasteiger partial charge in [-0.1, -0.05) is 47.7 Å². The van der Waals surface area contributed by atoms with Crippen LogP contribution in [0.1, 0.15) is 87.7 Å². The van der Waals surface area contributed by atoms with Crippen LogP contribution in [0.4, 0.5) is 10.9 Å². The number of anilines is 2. The average Bonchev–Trinajstić information content (AvgIpc) is 3.92. The number of para-hydroxylation sites is 1. The highest BCUT2D eigenvalue weighted by Gasteiger charge is 2.32. The van der Waals surface area contributed by atoms with Crippen LogP contribution in [-0.2, 0) is 29.6 Å². The summed E-state index contributed by atoms with van der Waals surface area (Å²) in [5.41, 5.74) is 7.05. The summed E-state index contributed by atoms with van der Waals surface area (Å²) in [6, 6.07) is 28.8. The molecule has 4 aromatic carbocycles. The van der Waals surface area contributed by atoms with Gasteiger partial charge >= 0.3 is 5.97 Å². The molecule has 3 amide bonds. The number of thiazole rings is 1. The molecule has 3 N–H and O–H groups in total. The van der Waals surface area contributed by atoms with Gasteiger partial charge in [0.2, 0.25) is 11.8 Å². The molecule has 0 spiro atoms. The number of pyridine rings is 1. The number of aromatic carboxylic acids is 1. The van der Waals surface area contributed by atoms with E-state index in [4.69, 9.17) is 14.5 Å². The Hall–Kier alpha value is -7.17. The number of imide groups is 1. The Labute approximate surface area is 403 Å². The minimum atomic E-state index is -1.12. The number of benzene rings is 4. The van der Waals surface area contributed by atoms with E-state index in [2.05, 4.69) is 25.6 Å². The van der Waals surface area contributed by atoms with Crippen LogP contribution in [0, 0.1) is 12.8 Å². The lowest BCUT2D eigenvalue weighted by Gasteiger charge is -2.31. The predicted octanol–water partition coefficient (Wildman–Crippen LogP) is 8.54. The van der Waals surface area contributed by atoms with E-state index in [1.54, 1.807) is 4.68 Å². The number of hydrogen-bond acceptors (Lipinski definition) is 12. The van der Waals surface area contributed by atoms with Crippen molar-refractivity contribution in [1.82, 2.24) is 30.0 Å². The Morgan fingerprint density at radius 1 is 0.884 bits per heavy atom. The summed E-state index contributed by atoms with van der Waals surface area (Å²) in [5, 5.41) is 22.0. The van der Waals surface area contributed by atoms with Crippen LogP contribution in [0.5, 0.6) is 11.5 Å². The number of likely N-dealkylation sites (tertiary alicyclic amines) is 1. The molecular weight excluding hydrogens is 893 g/mol. The van der Waals surface area contributed by atoms with Crippen molar-refractivity contribution in [3.05, 3.63) is 125 Å². The lowest BCUT2D eigenvalue weighted by molar-refractivity contribution is -0.134. The summed E-state index contributed by atoms with van der Waals surface area (Å²) in [6.45, 7) is 6.99. The number of nitrogens with one attached hydrogen (secondary N) is 2. The van der Waals surface area contributed by atoms with Gasteiger partial charge in [0.05, 0.1) is 34.0 Å². The maximum absolute atomic E-state index is 13.6. The molecule has 0 saturated carbocycles. The maximum atomic E-state index is 13.6. The van der Waals surface area contributed by atoms with E-state index in [0.29, 0.717) is 79.3 Å². The van der Waals surface area contributed by atoms with Gasteiger partial charge in [-0.3, -0.25) is 34.6 Å². The second-order valence-electron chi connectivity index (χ2n) is 18.2. The predicted molar refractivity (Wildman–Crippen MR) is 265 cm³/mol. The minimum Gasteiger partial charge on any atom is -0.493 e. The number of carboxylic acid groups (broad SMARTS) is 1. The molecule has 15 nitrogen and oxygen atoms in total. The third-order valence-electron chi connectivity index (χ3n) is 13.8. The maximum Gasteiger partial charge on any atom is 0.355 e. The largest absolute Gasteiger partial charge is 0.493 e. The zero-order valence-electron chi connectivity index (χ0n) is 38.7. The zero-order valence-corrected chi connectivity index (χ0v) is 39.5. The molecule has 6 heterocycles. The van der Waals surface area contributed by atoms with Gasteiger partial charge < -0.3 is 19.5 Å². The van der Waals surface area contributed by atoms with Gasteiger partial charge in [-0.15, -0.1) is 0 Å².